The van der Waals surface area contributed by atoms with E-state index in [0.717, 1.165) is 39.8 Å². The lowest BCUT2D eigenvalue weighted by Crippen LogP contribution is -2.44. The van der Waals surface area contributed by atoms with E-state index >= 15 is 0 Å². The summed E-state index contributed by atoms with van der Waals surface area (Å²) < 4.78 is 61.5. The molecule has 0 bridgehead atoms. The zero-order valence-electron chi connectivity index (χ0n) is 23.1. The number of rotatable bonds is 5. The molecule has 206 valence electrons. The van der Waals surface area contributed by atoms with Crippen molar-refractivity contribution in [3.63, 3.8) is 0 Å². The standard InChI is InChI=1S/C28H38F4INO2Si/c1-15(2)24-22(25(35)16-10-11-17(18(29)12-16)28(30,31)32)23(33)21-19(34-24)13-27(6,7)14-20(21)36-37(8,9)26(3,4)5/h10-12,15,20,25,35H,13-14H2,1-9H3/t20?,25-/m1/s1. The molecule has 0 saturated heterocycles. The minimum atomic E-state index is -4.81. The molecule has 37 heavy (non-hydrogen) atoms. The van der Waals surface area contributed by atoms with Crippen LogP contribution in [0.3, 0.4) is 0 Å². The third kappa shape index (κ3) is 6.25. The third-order valence-corrected chi connectivity index (χ3v) is 13.3. The molecule has 1 aliphatic rings. The van der Waals surface area contributed by atoms with Gasteiger partial charge in [0.05, 0.1) is 17.4 Å². The van der Waals surface area contributed by atoms with E-state index < -0.39 is 32.0 Å². The number of halogens is 5. The summed E-state index contributed by atoms with van der Waals surface area (Å²) in [5, 5.41) is 11.4. The van der Waals surface area contributed by atoms with Gasteiger partial charge in [0, 0.05) is 20.4 Å². The largest absolute Gasteiger partial charge is 0.419 e. The lowest BCUT2D eigenvalue weighted by molar-refractivity contribution is -0.140. The average molecular weight is 652 g/mol. The van der Waals surface area contributed by atoms with Gasteiger partial charge in [0.1, 0.15) is 11.9 Å². The van der Waals surface area contributed by atoms with E-state index in [1.165, 1.54) is 0 Å². The van der Waals surface area contributed by atoms with E-state index in [1.54, 1.807) is 0 Å². The highest BCUT2D eigenvalue weighted by molar-refractivity contribution is 14.1. The van der Waals surface area contributed by atoms with E-state index in [1.807, 2.05) is 13.8 Å². The minimum absolute atomic E-state index is 0.00834. The van der Waals surface area contributed by atoms with Crippen LogP contribution in [-0.2, 0) is 17.0 Å². The van der Waals surface area contributed by atoms with Gasteiger partial charge in [-0.15, -0.1) is 0 Å². The second-order valence-corrected chi connectivity index (χ2v) is 18.6. The molecule has 3 nitrogen and oxygen atoms in total. The van der Waals surface area contributed by atoms with Crippen LogP contribution < -0.4 is 0 Å². The number of hydrogen-bond acceptors (Lipinski definition) is 3. The number of pyridine rings is 1. The predicted octanol–water partition coefficient (Wildman–Crippen LogP) is 9.08. The van der Waals surface area contributed by atoms with Crippen LogP contribution in [0.4, 0.5) is 17.6 Å². The average Bonchev–Trinajstić information content (AvgIpc) is 2.69. The van der Waals surface area contributed by atoms with Crippen molar-refractivity contribution in [2.24, 2.45) is 5.41 Å². The Labute approximate surface area is 232 Å². The Morgan fingerprint density at radius 3 is 2.24 bits per heavy atom. The van der Waals surface area contributed by atoms with Gasteiger partial charge in [-0.05, 0) is 82.6 Å². The first-order valence-electron chi connectivity index (χ1n) is 12.6. The molecule has 1 unspecified atom stereocenters. The van der Waals surface area contributed by atoms with E-state index in [9.17, 15) is 22.7 Å². The fraction of sp³-hybridized carbons (Fsp3) is 0.607. The number of aliphatic hydroxyl groups is 1. The SMILES string of the molecule is CC(C)c1nc2c(c(I)c1[C@H](O)c1ccc(C(F)(F)F)c(F)c1)C(O[Si](C)(C)C(C)(C)C)CC(C)(C)C2. The zero-order valence-corrected chi connectivity index (χ0v) is 26.2. The van der Waals surface area contributed by atoms with E-state index in [4.69, 9.17) is 9.41 Å². The summed E-state index contributed by atoms with van der Waals surface area (Å²) in [6, 6.07) is 2.61. The van der Waals surface area contributed by atoms with Gasteiger partial charge in [0.15, 0.2) is 8.32 Å². The van der Waals surface area contributed by atoms with Crippen LogP contribution in [-0.4, -0.2) is 18.4 Å². The molecule has 1 aliphatic carbocycles. The van der Waals surface area contributed by atoms with Gasteiger partial charge < -0.3 is 9.53 Å². The Hall–Kier alpha value is -1.04. The van der Waals surface area contributed by atoms with Crippen molar-refractivity contribution >= 4 is 30.9 Å². The Balaban J connectivity index is 2.21. The second-order valence-electron chi connectivity index (χ2n) is 12.8. The topological polar surface area (TPSA) is 42.4 Å². The first-order chi connectivity index (χ1) is 16.7. The Morgan fingerprint density at radius 2 is 1.76 bits per heavy atom. The minimum Gasteiger partial charge on any atom is -0.410 e. The highest BCUT2D eigenvalue weighted by atomic mass is 127. The molecular weight excluding hydrogens is 613 g/mol. The number of fused-ring (bicyclic) bond motifs is 1. The quantitative estimate of drug-likeness (QED) is 0.199. The maximum Gasteiger partial charge on any atom is 0.419 e. The van der Waals surface area contributed by atoms with Gasteiger partial charge >= 0.3 is 6.18 Å². The number of hydrogen-bond donors (Lipinski definition) is 1. The maximum absolute atomic E-state index is 14.4. The lowest BCUT2D eigenvalue weighted by atomic mass is 9.74. The monoisotopic (exact) mass is 651 g/mol. The van der Waals surface area contributed by atoms with Gasteiger partial charge in [-0.1, -0.05) is 54.5 Å². The zero-order chi connectivity index (χ0) is 28.3. The van der Waals surface area contributed by atoms with Gasteiger partial charge in [-0.25, -0.2) is 4.39 Å². The molecule has 1 N–H and O–H groups in total. The summed E-state index contributed by atoms with van der Waals surface area (Å²) in [6.45, 7) is 19.3. The molecule has 0 spiro atoms. The number of aromatic nitrogens is 1. The van der Waals surface area contributed by atoms with E-state index in [-0.39, 0.29) is 28.0 Å². The summed E-state index contributed by atoms with van der Waals surface area (Å²) >= 11 is 2.21. The maximum atomic E-state index is 14.4. The molecular formula is C28H38F4INO2Si. The van der Waals surface area contributed by atoms with Crippen molar-refractivity contribution in [2.75, 3.05) is 0 Å². The molecule has 1 aromatic carbocycles. The number of benzene rings is 1. The van der Waals surface area contributed by atoms with E-state index in [2.05, 4.69) is 70.3 Å². The van der Waals surface area contributed by atoms with Crippen LogP contribution in [0.2, 0.25) is 18.1 Å². The summed E-state index contributed by atoms with van der Waals surface area (Å²) in [4.78, 5) is 5.03. The Morgan fingerprint density at radius 1 is 1.16 bits per heavy atom. The van der Waals surface area contributed by atoms with E-state index in [0.29, 0.717) is 17.3 Å². The summed E-state index contributed by atoms with van der Waals surface area (Å²) in [6.07, 6.45) is -4.83. The van der Waals surface area contributed by atoms with Gasteiger partial charge in [-0.2, -0.15) is 13.2 Å². The predicted molar refractivity (Wildman–Crippen MR) is 150 cm³/mol. The molecule has 2 atom stereocenters. The van der Waals surface area contributed by atoms with Crippen molar-refractivity contribution in [3.05, 3.63) is 61.2 Å². The number of aliphatic hydroxyl groups excluding tert-OH is 1. The van der Waals surface area contributed by atoms with Crippen molar-refractivity contribution in [1.29, 1.82) is 0 Å². The first-order valence-corrected chi connectivity index (χ1v) is 16.6. The van der Waals surface area contributed by atoms with Crippen LogP contribution in [0.1, 0.15) is 107 Å². The molecule has 0 aliphatic heterocycles. The smallest absolute Gasteiger partial charge is 0.410 e. The van der Waals surface area contributed by atoms with Crippen molar-refractivity contribution < 1.29 is 27.1 Å². The van der Waals surface area contributed by atoms with Crippen molar-refractivity contribution in [2.45, 2.75) is 104 Å². The van der Waals surface area contributed by atoms with Crippen LogP contribution in [0.5, 0.6) is 0 Å². The van der Waals surface area contributed by atoms with Crippen LogP contribution >= 0.6 is 22.6 Å². The Bertz CT molecular complexity index is 1170. The first kappa shape index (κ1) is 30.5. The van der Waals surface area contributed by atoms with Crippen LogP contribution in [0, 0.1) is 14.8 Å². The highest BCUT2D eigenvalue weighted by Gasteiger charge is 2.44. The number of alkyl halides is 3. The molecule has 1 heterocycles. The summed E-state index contributed by atoms with van der Waals surface area (Å²) in [5.41, 5.74) is 1.72. The molecule has 1 aromatic heterocycles. The second kappa shape index (κ2) is 10.2. The molecule has 0 fully saturated rings. The van der Waals surface area contributed by atoms with Gasteiger partial charge in [0.25, 0.3) is 0 Å². The lowest BCUT2D eigenvalue weighted by Gasteiger charge is -2.44. The van der Waals surface area contributed by atoms with Crippen LogP contribution in [0.25, 0.3) is 0 Å². The van der Waals surface area contributed by atoms with Gasteiger partial charge in [-0.3, -0.25) is 4.98 Å². The van der Waals surface area contributed by atoms with Crippen molar-refractivity contribution in [3.8, 4) is 0 Å². The molecule has 3 rings (SSSR count). The normalized spacial score (nSPS) is 19.2. The number of nitrogens with zero attached hydrogens (tertiary/aromatic N) is 1. The molecule has 0 radical (unpaired) electrons. The van der Waals surface area contributed by atoms with Gasteiger partial charge in [0.2, 0.25) is 0 Å². The molecule has 0 saturated carbocycles. The van der Waals surface area contributed by atoms with Crippen molar-refractivity contribution in [1.82, 2.24) is 4.98 Å². The molecule has 9 heteroatoms. The fourth-order valence-electron chi connectivity index (χ4n) is 4.67. The summed E-state index contributed by atoms with van der Waals surface area (Å²) in [7, 11) is -2.17. The van der Waals surface area contributed by atoms with Crippen LogP contribution in [0.15, 0.2) is 18.2 Å². The molecule has 2 aromatic rings. The summed E-state index contributed by atoms with van der Waals surface area (Å²) in [5.74, 6) is -1.47. The fourth-order valence-corrected chi connectivity index (χ4v) is 7.17. The Kier molecular flexibility index (Phi) is 8.38. The highest BCUT2D eigenvalue weighted by Crippen LogP contribution is 2.50. The molecule has 0 amide bonds. The third-order valence-electron chi connectivity index (χ3n) is 7.70.